The van der Waals surface area contributed by atoms with Gasteiger partial charge in [0, 0.05) is 31.5 Å². The lowest BCUT2D eigenvalue weighted by molar-refractivity contribution is 0.306. The van der Waals surface area contributed by atoms with Crippen LogP contribution >= 0.6 is 0 Å². The van der Waals surface area contributed by atoms with E-state index in [-0.39, 0.29) is 0 Å². The van der Waals surface area contributed by atoms with E-state index in [0.29, 0.717) is 12.4 Å². The van der Waals surface area contributed by atoms with Crippen LogP contribution in [0.5, 0.6) is 0 Å². The third-order valence-corrected chi connectivity index (χ3v) is 2.64. The van der Waals surface area contributed by atoms with Crippen LogP contribution < -0.4 is 0 Å². The number of aromatic nitrogens is 1. The summed E-state index contributed by atoms with van der Waals surface area (Å²) in [6.45, 7) is 0.676. The Balaban J connectivity index is 2.15. The minimum atomic E-state index is 0.506. The molecule has 0 atom stereocenters. The highest BCUT2D eigenvalue weighted by atomic mass is 16.4. The predicted octanol–water partition coefficient (Wildman–Crippen LogP) is 2.35. The fourth-order valence-electron chi connectivity index (χ4n) is 1.78. The van der Waals surface area contributed by atoms with Gasteiger partial charge < -0.3 is 10.1 Å². The Kier molecular flexibility index (Phi) is 3.91. The fourth-order valence-corrected chi connectivity index (χ4v) is 1.78. The fraction of sp³-hybridized carbons (Fsp3) is 0.143. The minimum Gasteiger partial charge on any atom is -0.409 e. The van der Waals surface area contributed by atoms with Gasteiger partial charge in [-0.1, -0.05) is 35.5 Å². The summed E-state index contributed by atoms with van der Waals surface area (Å²) in [7, 11) is 1.88. The third-order valence-electron chi connectivity index (χ3n) is 2.64. The Morgan fingerprint density at radius 3 is 2.61 bits per heavy atom. The normalized spacial score (nSPS) is 11.3. The quantitative estimate of drug-likeness (QED) is 0.388. The highest BCUT2D eigenvalue weighted by molar-refractivity contribution is 5.97. The molecule has 0 aliphatic carbocycles. The van der Waals surface area contributed by atoms with Gasteiger partial charge >= 0.3 is 0 Å². The first-order valence-electron chi connectivity index (χ1n) is 5.69. The lowest BCUT2D eigenvalue weighted by atomic mass is 10.2. The van der Waals surface area contributed by atoms with Crippen LogP contribution in [-0.4, -0.2) is 28.0 Å². The second-order valence-electron chi connectivity index (χ2n) is 4.01. The molecule has 0 spiro atoms. The van der Waals surface area contributed by atoms with Gasteiger partial charge in [0.2, 0.25) is 0 Å². The molecular weight excluding hydrogens is 226 g/mol. The number of hydrogen-bond acceptors (Lipinski definition) is 3. The summed E-state index contributed by atoms with van der Waals surface area (Å²) in [5, 5.41) is 12.5. The molecule has 4 heteroatoms. The van der Waals surface area contributed by atoms with Crippen molar-refractivity contribution in [1.29, 1.82) is 0 Å². The van der Waals surface area contributed by atoms with E-state index >= 15 is 0 Å². The second-order valence-corrected chi connectivity index (χ2v) is 4.01. The molecule has 18 heavy (non-hydrogen) atoms. The molecule has 0 fully saturated rings. The summed E-state index contributed by atoms with van der Waals surface area (Å²) in [5.74, 6) is 0.506. The molecule has 0 aliphatic heterocycles. The molecule has 0 unspecified atom stereocenters. The molecule has 1 N–H and O–H groups in total. The summed E-state index contributed by atoms with van der Waals surface area (Å²) in [6.07, 6.45) is 3.37. The lowest BCUT2D eigenvalue weighted by Gasteiger charge is -2.19. The first-order valence-corrected chi connectivity index (χ1v) is 5.69. The summed E-state index contributed by atoms with van der Waals surface area (Å²) in [5.41, 5.74) is 1.95. The van der Waals surface area contributed by atoms with Crippen molar-refractivity contribution in [1.82, 2.24) is 9.88 Å². The van der Waals surface area contributed by atoms with E-state index in [4.69, 9.17) is 5.21 Å². The van der Waals surface area contributed by atoms with E-state index in [0.717, 1.165) is 11.1 Å². The summed E-state index contributed by atoms with van der Waals surface area (Å²) < 4.78 is 0. The predicted molar refractivity (Wildman–Crippen MR) is 70.5 cm³/mol. The monoisotopic (exact) mass is 241 g/mol. The van der Waals surface area contributed by atoms with Crippen molar-refractivity contribution in [2.24, 2.45) is 5.16 Å². The molecule has 4 nitrogen and oxygen atoms in total. The molecule has 0 amide bonds. The number of amidine groups is 1. The molecule has 0 saturated carbocycles. The largest absolute Gasteiger partial charge is 0.409 e. The topological polar surface area (TPSA) is 48.7 Å². The van der Waals surface area contributed by atoms with Crippen molar-refractivity contribution in [3.63, 3.8) is 0 Å². The number of pyridine rings is 1. The standard InChI is InChI=1S/C14H15N3O/c1-17(11-12-6-3-2-4-7-12)14(16-18)13-8-5-9-15-10-13/h2-10,18H,11H2,1H3. The first kappa shape index (κ1) is 12.1. The van der Waals surface area contributed by atoms with Gasteiger partial charge in [-0.25, -0.2) is 0 Å². The van der Waals surface area contributed by atoms with Gasteiger partial charge in [-0.15, -0.1) is 0 Å². The van der Waals surface area contributed by atoms with E-state index in [2.05, 4.69) is 10.1 Å². The molecule has 0 bridgehead atoms. The maximum atomic E-state index is 9.15. The molecule has 1 heterocycles. The molecule has 1 aromatic carbocycles. The van der Waals surface area contributed by atoms with E-state index in [1.54, 1.807) is 12.4 Å². The molecular formula is C14H15N3O. The van der Waals surface area contributed by atoms with E-state index < -0.39 is 0 Å². The van der Waals surface area contributed by atoms with Crippen LogP contribution in [0.3, 0.4) is 0 Å². The number of oxime groups is 1. The number of benzene rings is 1. The van der Waals surface area contributed by atoms with Crippen LogP contribution in [0.25, 0.3) is 0 Å². The van der Waals surface area contributed by atoms with Crippen LogP contribution in [0.4, 0.5) is 0 Å². The molecule has 1 aromatic heterocycles. The van der Waals surface area contributed by atoms with E-state index in [9.17, 15) is 0 Å². The smallest absolute Gasteiger partial charge is 0.176 e. The van der Waals surface area contributed by atoms with Crippen molar-refractivity contribution in [3.05, 3.63) is 66.0 Å². The SMILES string of the molecule is CN(Cc1ccccc1)C(=NO)c1cccnc1. The zero-order chi connectivity index (χ0) is 12.8. The molecule has 0 saturated heterocycles. The van der Waals surface area contributed by atoms with Crippen molar-refractivity contribution < 1.29 is 5.21 Å². The molecule has 0 radical (unpaired) electrons. The first-order chi connectivity index (χ1) is 8.81. The van der Waals surface area contributed by atoms with Crippen LogP contribution in [0, 0.1) is 0 Å². The average molecular weight is 241 g/mol. The van der Waals surface area contributed by atoms with Gasteiger partial charge in [-0.2, -0.15) is 0 Å². The summed E-state index contributed by atoms with van der Waals surface area (Å²) >= 11 is 0. The van der Waals surface area contributed by atoms with Crippen molar-refractivity contribution in [3.8, 4) is 0 Å². The third kappa shape index (κ3) is 2.85. The number of rotatable bonds is 3. The maximum absolute atomic E-state index is 9.15. The molecule has 0 aliphatic rings. The van der Waals surface area contributed by atoms with Gasteiger partial charge in [0.05, 0.1) is 0 Å². The van der Waals surface area contributed by atoms with E-state index in [1.165, 1.54) is 0 Å². The minimum absolute atomic E-state index is 0.506. The Labute approximate surface area is 106 Å². The van der Waals surface area contributed by atoms with Gasteiger partial charge in [0.25, 0.3) is 0 Å². The van der Waals surface area contributed by atoms with Crippen LogP contribution in [0.15, 0.2) is 60.0 Å². The van der Waals surface area contributed by atoms with Gasteiger partial charge in [0.1, 0.15) is 0 Å². The molecule has 2 rings (SSSR count). The second kappa shape index (κ2) is 5.82. The Hall–Kier alpha value is -2.36. The van der Waals surface area contributed by atoms with Crippen molar-refractivity contribution in [2.45, 2.75) is 6.54 Å². The summed E-state index contributed by atoms with van der Waals surface area (Å²) in [6, 6.07) is 13.7. The zero-order valence-electron chi connectivity index (χ0n) is 10.2. The van der Waals surface area contributed by atoms with Gasteiger partial charge in [-0.05, 0) is 17.7 Å². The Bertz CT molecular complexity index is 511. The van der Waals surface area contributed by atoms with Crippen LogP contribution in [0.2, 0.25) is 0 Å². The maximum Gasteiger partial charge on any atom is 0.176 e. The average Bonchev–Trinajstić information content (AvgIpc) is 2.42. The number of nitrogens with zero attached hydrogens (tertiary/aromatic N) is 3. The van der Waals surface area contributed by atoms with E-state index in [1.807, 2.05) is 54.4 Å². The number of hydrogen-bond donors (Lipinski definition) is 1. The van der Waals surface area contributed by atoms with Crippen LogP contribution in [0.1, 0.15) is 11.1 Å². The van der Waals surface area contributed by atoms with Gasteiger partial charge in [-0.3, -0.25) is 4.98 Å². The van der Waals surface area contributed by atoms with Crippen molar-refractivity contribution in [2.75, 3.05) is 7.05 Å². The Morgan fingerprint density at radius 2 is 2.00 bits per heavy atom. The lowest BCUT2D eigenvalue weighted by Crippen LogP contribution is -2.27. The van der Waals surface area contributed by atoms with Crippen LogP contribution in [-0.2, 0) is 6.54 Å². The highest BCUT2D eigenvalue weighted by Gasteiger charge is 2.10. The molecule has 92 valence electrons. The summed E-state index contributed by atoms with van der Waals surface area (Å²) in [4.78, 5) is 5.91. The zero-order valence-corrected chi connectivity index (χ0v) is 10.2. The Morgan fingerprint density at radius 1 is 1.22 bits per heavy atom. The van der Waals surface area contributed by atoms with Gasteiger partial charge in [0.15, 0.2) is 5.84 Å². The molecule has 2 aromatic rings. The highest BCUT2D eigenvalue weighted by Crippen LogP contribution is 2.08. The van der Waals surface area contributed by atoms with Crippen molar-refractivity contribution >= 4 is 5.84 Å².